The number of thioether (sulfide) groups is 1. The summed E-state index contributed by atoms with van der Waals surface area (Å²) in [5, 5.41) is 12.6. The van der Waals surface area contributed by atoms with E-state index >= 15 is 0 Å². The molecule has 0 aliphatic heterocycles. The van der Waals surface area contributed by atoms with Crippen molar-refractivity contribution in [3.8, 4) is 0 Å². The van der Waals surface area contributed by atoms with Gasteiger partial charge in [0.15, 0.2) is 0 Å². The Hall–Kier alpha value is -0.260. The summed E-state index contributed by atoms with van der Waals surface area (Å²) in [5.41, 5.74) is 0. The molecule has 2 N–H and O–H groups in total. The van der Waals surface area contributed by atoms with E-state index in [4.69, 9.17) is 4.74 Å². The third kappa shape index (κ3) is 6.35. The first kappa shape index (κ1) is 15.7. The van der Waals surface area contributed by atoms with Gasteiger partial charge in [-0.05, 0) is 25.6 Å². The lowest BCUT2D eigenvalue weighted by Gasteiger charge is -2.17. The summed E-state index contributed by atoms with van der Waals surface area (Å²) in [6, 6.07) is -0.233. The SMILES string of the molecule is CCNC(CCSC(C)C(C)O)C(=O)OC. The van der Waals surface area contributed by atoms with Crippen molar-refractivity contribution in [1.82, 2.24) is 5.32 Å². The molecule has 96 valence electrons. The normalized spacial score (nSPS) is 16.6. The number of aliphatic hydroxyl groups excluding tert-OH is 1. The Morgan fingerprint density at radius 1 is 1.50 bits per heavy atom. The molecule has 0 amide bonds. The van der Waals surface area contributed by atoms with Crippen molar-refractivity contribution in [2.75, 3.05) is 19.4 Å². The van der Waals surface area contributed by atoms with Gasteiger partial charge < -0.3 is 15.2 Å². The summed E-state index contributed by atoms with van der Waals surface area (Å²) in [6.45, 7) is 6.47. The van der Waals surface area contributed by atoms with Crippen LogP contribution in [0.15, 0.2) is 0 Å². The molecule has 3 atom stereocenters. The Morgan fingerprint density at radius 3 is 2.56 bits per heavy atom. The van der Waals surface area contributed by atoms with Crippen molar-refractivity contribution in [3.05, 3.63) is 0 Å². The van der Waals surface area contributed by atoms with Crippen LogP contribution in [0.2, 0.25) is 0 Å². The molecule has 0 saturated heterocycles. The predicted octanol–water partition coefficient (Wildman–Crippen LogP) is 1.03. The number of nitrogens with one attached hydrogen (secondary N) is 1. The highest BCUT2D eigenvalue weighted by atomic mass is 32.2. The maximum Gasteiger partial charge on any atom is 0.322 e. The molecule has 0 fully saturated rings. The van der Waals surface area contributed by atoms with Crippen LogP contribution in [0, 0.1) is 0 Å². The molecule has 0 saturated carbocycles. The van der Waals surface area contributed by atoms with Gasteiger partial charge in [-0.15, -0.1) is 0 Å². The Bertz CT molecular complexity index is 200. The van der Waals surface area contributed by atoms with E-state index in [2.05, 4.69) is 5.32 Å². The molecule has 0 spiro atoms. The van der Waals surface area contributed by atoms with Crippen LogP contribution in [0.3, 0.4) is 0 Å². The van der Waals surface area contributed by atoms with E-state index in [-0.39, 0.29) is 23.4 Å². The monoisotopic (exact) mass is 249 g/mol. The molecule has 0 aliphatic rings. The summed E-state index contributed by atoms with van der Waals surface area (Å²) in [4.78, 5) is 11.4. The number of rotatable bonds is 8. The van der Waals surface area contributed by atoms with Crippen molar-refractivity contribution in [3.63, 3.8) is 0 Å². The molecule has 5 heteroatoms. The molecule has 0 heterocycles. The fourth-order valence-corrected chi connectivity index (χ4v) is 2.23. The smallest absolute Gasteiger partial charge is 0.322 e. The summed E-state index contributed by atoms with van der Waals surface area (Å²) in [6.07, 6.45) is 0.406. The van der Waals surface area contributed by atoms with E-state index in [0.717, 1.165) is 18.7 Å². The number of esters is 1. The highest BCUT2D eigenvalue weighted by Gasteiger charge is 2.18. The van der Waals surface area contributed by atoms with Gasteiger partial charge >= 0.3 is 5.97 Å². The molecule has 0 aromatic rings. The number of carbonyl (C=O) groups excluding carboxylic acids is 1. The lowest BCUT2D eigenvalue weighted by atomic mass is 10.2. The molecular weight excluding hydrogens is 226 g/mol. The summed E-state index contributed by atoms with van der Waals surface area (Å²) >= 11 is 1.67. The number of hydrogen-bond acceptors (Lipinski definition) is 5. The number of methoxy groups -OCH3 is 1. The van der Waals surface area contributed by atoms with Gasteiger partial charge in [-0.3, -0.25) is 4.79 Å². The van der Waals surface area contributed by atoms with Gasteiger partial charge in [0.25, 0.3) is 0 Å². The molecule has 0 aliphatic carbocycles. The third-order valence-corrected chi connectivity index (χ3v) is 3.79. The highest BCUT2D eigenvalue weighted by Crippen LogP contribution is 2.16. The van der Waals surface area contributed by atoms with Crippen molar-refractivity contribution in [1.29, 1.82) is 0 Å². The third-order valence-electron chi connectivity index (χ3n) is 2.40. The van der Waals surface area contributed by atoms with Gasteiger partial charge in [0.2, 0.25) is 0 Å². The number of hydrogen-bond donors (Lipinski definition) is 2. The Morgan fingerprint density at radius 2 is 2.12 bits per heavy atom. The quantitative estimate of drug-likeness (QED) is 0.629. The minimum atomic E-state index is -0.319. The fraction of sp³-hybridized carbons (Fsp3) is 0.909. The highest BCUT2D eigenvalue weighted by molar-refractivity contribution is 7.99. The Kier molecular flexibility index (Phi) is 8.70. The molecule has 4 nitrogen and oxygen atoms in total. The van der Waals surface area contributed by atoms with Gasteiger partial charge in [0, 0.05) is 5.25 Å². The summed E-state index contributed by atoms with van der Waals surface area (Å²) in [7, 11) is 1.40. The average molecular weight is 249 g/mol. The molecule has 0 bridgehead atoms. The number of ether oxygens (including phenoxy) is 1. The van der Waals surface area contributed by atoms with Crippen LogP contribution in [0.5, 0.6) is 0 Å². The zero-order valence-electron chi connectivity index (χ0n) is 10.5. The second-order valence-electron chi connectivity index (χ2n) is 3.74. The van der Waals surface area contributed by atoms with Crippen LogP contribution in [0.4, 0.5) is 0 Å². The largest absolute Gasteiger partial charge is 0.468 e. The minimum absolute atomic E-state index is 0.194. The van der Waals surface area contributed by atoms with Crippen LogP contribution in [0.25, 0.3) is 0 Å². The second kappa shape index (κ2) is 8.84. The standard InChI is InChI=1S/C11H23NO3S/c1-5-12-10(11(14)15-4)6-7-16-9(3)8(2)13/h8-10,12-13H,5-7H2,1-4H3. The van der Waals surface area contributed by atoms with Gasteiger partial charge in [0.05, 0.1) is 13.2 Å². The maximum atomic E-state index is 11.4. The van der Waals surface area contributed by atoms with Crippen LogP contribution in [-0.4, -0.2) is 47.9 Å². The van der Waals surface area contributed by atoms with Crippen molar-refractivity contribution >= 4 is 17.7 Å². The van der Waals surface area contributed by atoms with E-state index in [1.165, 1.54) is 7.11 Å². The topological polar surface area (TPSA) is 58.6 Å². The van der Waals surface area contributed by atoms with Gasteiger partial charge in [-0.2, -0.15) is 11.8 Å². The molecule has 0 radical (unpaired) electrons. The zero-order valence-corrected chi connectivity index (χ0v) is 11.3. The number of aliphatic hydroxyl groups is 1. The Labute approximate surface area is 102 Å². The maximum absolute atomic E-state index is 11.4. The van der Waals surface area contributed by atoms with E-state index in [0.29, 0.717) is 0 Å². The van der Waals surface area contributed by atoms with Crippen molar-refractivity contribution in [2.24, 2.45) is 0 Å². The van der Waals surface area contributed by atoms with E-state index in [1.807, 2.05) is 13.8 Å². The van der Waals surface area contributed by atoms with E-state index in [1.54, 1.807) is 18.7 Å². The summed E-state index contributed by atoms with van der Waals surface area (Å²) in [5.74, 6) is 0.617. The van der Waals surface area contributed by atoms with Gasteiger partial charge in [-0.1, -0.05) is 13.8 Å². The second-order valence-corrected chi connectivity index (χ2v) is 5.22. The van der Waals surface area contributed by atoms with E-state index in [9.17, 15) is 9.90 Å². The van der Waals surface area contributed by atoms with Crippen LogP contribution in [-0.2, 0) is 9.53 Å². The lowest BCUT2D eigenvalue weighted by Crippen LogP contribution is -2.38. The molecular formula is C11H23NO3S. The number of likely N-dealkylation sites (N-methyl/N-ethyl adjacent to an activating group) is 1. The zero-order chi connectivity index (χ0) is 12.6. The molecule has 3 unspecified atom stereocenters. The first-order chi connectivity index (χ1) is 7.52. The van der Waals surface area contributed by atoms with Crippen molar-refractivity contribution in [2.45, 2.75) is 44.6 Å². The van der Waals surface area contributed by atoms with E-state index < -0.39 is 0 Å². The van der Waals surface area contributed by atoms with Gasteiger partial charge in [-0.25, -0.2) is 0 Å². The molecule has 16 heavy (non-hydrogen) atoms. The first-order valence-corrected chi connectivity index (χ1v) is 6.68. The molecule has 0 aromatic heterocycles. The minimum Gasteiger partial charge on any atom is -0.468 e. The van der Waals surface area contributed by atoms with Crippen molar-refractivity contribution < 1.29 is 14.6 Å². The Balaban J connectivity index is 3.89. The lowest BCUT2D eigenvalue weighted by molar-refractivity contribution is -0.143. The van der Waals surface area contributed by atoms with Crippen LogP contribution >= 0.6 is 11.8 Å². The average Bonchev–Trinajstić information content (AvgIpc) is 2.26. The predicted molar refractivity (Wildman–Crippen MR) is 67.7 cm³/mol. The number of carbonyl (C=O) groups is 1. The van der Waals surface area contributed by atoms with Crippen LogP contribution < -0.4 is 5.32 Å². The van der Waals surface area contributed by atoms with Gasteiger partial charge in [0.1, 0.15) is 6.04 Å². The van der Waals surface area contributed by atoms with Crippen LogP contribution in [0.1, 0.15) is 27.2 Å². The first-order valence-electron chi connectivity index (χ1n) is 5.63. The molecule has 0 aromatic carbocycles. The summed E-state index contributed by atoms with van der Waals surface area (Å²) < 4.78 is 4.71. The molecule has 0 rings (SSSR count). The fourth-order valence-electron chi connectivity index (χ4n) is 1.20.